The summed E-state index contributed by atoms with van der Waals surface area (Å²) in [5.41, 5.74) is 0.951. The van der Waals surface area contributed by atoms with Crippen LogP contribution in [-0.4, -0.2) is 10.7 Å². The number of hydrogen-bond acceptors (Lipinski definition) is 2. The normalized spacial score (nSPS) is 47.6. The predicted molar refractivity (Wildman–Crippen MR) is 122 cm³/mol. The maximum absolute atomic E-state index is 13.3. The fraction of sp³-hybridized carbons (Fsp3) is 0.741. The summed E-state index contributed by atoms with van der Waals surface area (Å²) >= 11 is 2.16. The highest BCUT2D eigenvalue weighted by Crippen LogP contribution is 2.62. The number of benzene rings is 1. The van der Waals surface area contributed by atoms with E-state index in [9.17, 15) is 4.79 Å². The van der Waals surface area contributed by atoms with E-state index in [1.54, 1.807) is 0 Å². The molecule has 9 rings (SSSR count). The van der Waals surface area contributed by atoms with Crippen molar-refractivity contribution in [3.8, 4) is 0 Å². The summed E-state index contributed by atoms with van der Waals surface area (Å²) in [5.74, 6) is 5.79. The minimum atomic E-state index is -0.0542. The zero-order valence-electron chi connectivity index (χ0n) is 18.1. The lowest BCUT2D eigenvalue weighted by Crippen LogP contribution is -2.51. The highest BCUT2D eigenvalue weighted by atomic mass is 32.2. The number of rotatable bonds is 4. The molecule has 1 N–H and O–H groups in total. The SMILES string of the molecule is O=C(Nc1ccc(SC23CC4CC(CC(C4)C2)C3)cc1)C12CC3CC(CC(C3)C1)C2. The molecule has 0 aromatic heterocycles. The Bertz CT molecular complexity index is 788. The zero-order valence-corrected chi connectivity index (χ0v) is 18.9. The van der Waals surface area contributed by atoms with Gasteiger partial charge in [0.2, 0.25) is 5.91 Å². The zero-order chi connectivity index (χ0) is 19.9. The number of nitrogens with one attached hydrogen (secondary N) is 1. The maximum atomic E-state index is 13.3. The van der Waals surface area contributed by atoms with Gasteiger partial charge in [-0.1, -0.05) is 0 Å². The van der Waals surface area contributed by atoms with Gasteiger partial charge in [-0.3, -0.25) is 4.79 Å². The smallest absolute Gasteiger partial charge is 0.230 e. The lowest BCUT2D eigenvalue weighted by atomic mass is 9.49. The van der Waals surface area contributed by atoms with Crippen LogP contribution < -0.4 is 5.32 Å². The van der Waals surface area contributed by atoms with Crippen LogP contribution in [0.3, 0.4) is 0 Å². The molecule has 30 heavy (non-hydrogen) atoms. The molecule has 0 saturated heterocycles. The molecule has 0 radical (unpaired) electrons. The van der Waals surface area contributed by atoms with Crippen molar-refractivity contribution in [1.29, 1.82) is 0 Å². The van der Waals surface area contributed by atoms with Gasteiger partial charge < -0.3 is 5.32 Å². The van der Waals surface area contributed by atoms with Crippen LogP contribution in [0.5, 0.6) is 0 Å². The van der Waals surface area contributed by atoms with Crippen molar-refractivity contribution in [1.82, 2.24) is 0 Å². The molecule has 0 heterocycles. The Morgan fingerprint density at radius 2 is 1.13 bits per heavy atom. The van der Waals surface area contributed by atoms with Crippen LogP contribution in [-0.2, 0) is 4.79 Å². The van der Waals surface area contributed by atoms with Crippen molar-refractivity contribution in [2.24, 2.45) is 40.9 Å². The summed E-state index contributed by atoms with van der Waals surface area (Å²) in [7, 11) is 0. The highest BCUT2D eigenvalue weighted by molar-refractivity contribution is 8.00. The van der Waals surface area contributed by atoms with Crippen molar-refractivity contribution in [3.05, 3.63) is 24.3 Å². The Morgan fingerprint density at radius 1 is 0.700 bits per heavy atom. The summed E-state index contributed by atoms with van der Waals surface area (Å²) in [6.45, 7) is 0. The summed E-state index contributed by atoms with van der Waals surface area (Å²) in [6.07, 6.45) is 16.4. The van der Waals surface area contributed by atoms with Crippen LogP contribution in [0.1, 0.15) is 77.0 Å². The van der Waals surface area contributed by atoms with E-state index >= 15 is 0 Å². The molecule has 8 aliphatic carbocycles. The van der Waals surface area contributed by atoms with E-state index in [0.717, 1.165) is 60.5 Å². The maximum Gasteiger partial charge on any atom is 0.230 e. The second-order valence-corrected chi connectivity index (χ2v) is 13.9. The average Bonchev–Trinajstić information content (AvgIpc) is 2.67. The number of carbonyl (C=O) groups is 1. The van der Waals surface area contributed by atoms with Crippen LogP contribution in [0.25, 0.3) is 0 Å². The standard InChI is InChI=1S/C27H35NOS/c29-25(26-11-17-5-18(12-26)7-19(6-17)13-26)28-23-1-3-24(4-2-23)30-27-14-20-8-21(15-27)10-22(9-20)16-27/h1-4,17-22H,5-16H2,(H,28,29). The molecular weight excluding hydrogens is 386 g/mol. The van der Waals surface area contributed by atoms with Gasteiger partial charge in [-0.2, -0.15) is 0 Å². The summed E-state index contributed by atoms with van der Waals surface area (Å²) < 4.78 is 0.513. The average molecular weight is 422 g/mol. The van der Waals surface area contributed by atoms with E-state index in [-0.39, 0.29) is 5.41 Å². The van der Waals surface area contributed by atoms with Gasteiger partial charge in [-0.15, -0.1) is 11.8 Å². The molecule has 0 aliphatic heterocycles. The molecule has 8 bridgehead atoms. The molecule has 1 amide bonds. The monoisotopic (exact) mass is 421 g/mol. The molecule has 1 aromatic rings. The third-order valence-electron chi connectivity index (χ3n) is 9.95. The van der Waals surface area contributed by atoms with Crippen molar-refractivity contribution in [2.75, 3.05) is 5.32 Å². The van der Waals surface area contributed by atoms with Gasteiger partial charge in [0.05, 0.1) is 5.41 Å². The molecule has 8 aliphatic rings. The summed E-state index contributed by atoms with van der Waals surface area (Å²) in [4.78, 5) is 14.7. The van der Waals surface area contributed by atoms with E-state index in [0.29, 0.717) is 10.7 Å². The van der Waals surface area contributed by atoms with Crippen LogP contribution in [0.4, 0.5) is 5.69 Å². The first-order valence-corrected chi connectivity index (χ1v) is 13.5. The van der Waals surface area contributed by atoms with E-state index < -0.39 is 0 Å². The Hall–Kier alpha value is -0.960. The topological polar surface area (TPSA) is 29.1 Å². The van der Waals surface area contributed by atoms with E-state index in [4.69, 9.17) is 0 Å². The first-order valence-electron chi connectivity index (χ1n) is 12.7. The fourth-order valence-electron chi connectivity index (χ4n) is 9.66. The molecule has 1 aromatic carbocycles. The van der Waals surface area contributed by atoms with Crippen molar-refractivity contribution in [3.63, 3.8) is 0 Å². The van der Waals surface area contributed by atoms with Crippen LogP contribution >= 0.6 is 11.8 Å². The van der Waals surface area contributed by atoms with Gasteiger partial charge >= 0.3 is 0 Å². The Labute approximate surface area is 185 Å². The van der Waals surface area contributed by atoms with Gasteiger partial charge in [0, 0.05) is 15.3 Å². The third-order valence-corrected chi connectivity index (χ3v) is 11.4. The predicted octanol–water partition coefficient (Wildman–Crippen LogP) is 6.90. The van der Waals surface area contributed by atoms with E-state index in [1.807, 2.05) is 0 Å². The molecule has 8 saturated carbocycles. The Morgan fingerprint density at radius 3 is 1.60 bits per heavy atom. The highest BCUT2D eigenvalue weighted by Gasteiger charge is 2.55. The molecule has 0 atom stereocenters. The molecule has 2 nitrogen and oxygen atoms in total. The van der Waals surface area contributed by atoms with Crippen LogP contribution in [0, 0.1) is 40.9 Å². The minimum absolute atomic E-state index is 0.0542. The van der Waals surface area contributed by atoms with Gasteiger partial charge in [0.1, 0.15) is 0 Å². The first-order chi connectivity index (χ1) is 14.5. The van der Waals surface area contributed by atoms with Crippen LogP contribution in [0.15, 0.2) is 29.2 Å². The second kappa shape index (κ2) is 6.53. The van der Waals surface area contributed by atoms with Crippen LogP contribution in [0.2, 0.25) is 0 Å². The number of carbonyl (C=O) groups excluding carboxylic acids is 1. The van der Waals surface area contributed by atoms with E-state index in [2.05, 4.69) is 41.3 Å². The Kier molecular flexibility index (Phi) is 4.05. The molecule has 160 valence electrons. The number of anilines is 1. The first kappa shape index (κ1) is 18.6. The number of hydrogen-bond donors (Lipinski definition) is 1. The number of amides is 1. The quantitative estimate of drug-likeness (QED) is 0.573. The lowest BCUT2D eigenvalue weighted by Gasteiger charge is -2.56. The summed E-state index contributed by atoms with van der Waals surface area (Å²) in [5, 5.41) is 3.34. The summed E-state index contributed by atoms with van der Waals surface area (Å²) in [6, 6.07) is 8.89. The minimum Gasteiger partial charge on any atom is -0.326 e. The third kappa shape index (κ3) is 3.01. The van der Waals surface area contributed by atoms with Crippen molar-refractivity contribution in [2.45, 2.75) is 86.7 Å². The van der Waals surface area contributed by atoms with Gasteiger partial charge in [-0.25, -0.2) is 0 Å². The molecular formula is C27H35NOS. The van der Waals surface area contributed by atoms with Gasteiger partial charge in [0.25, 0.3) is 0 Å². The second-order valence-electron chi connectivity index (χ2n) is 12.4. The molecule has 0 unspecified atom stereocenters. The van der Waals surface area contributed by atoms with Gasteiger partial charge in [0.15, 0.2) is 0 Å². The molecule has 8 fully saturated rings. The Balaban J connectivity index is 1.04. The largest absolute Gasteiger partial charge is 0.326 e. The van der Waals surface area contributed by atoms with Gasteiger partial charge in [-0.05, 0) is 137 Å². The van der Waals surface area contributed by atoms with Crippen molar-refractivity contribution >= 4 is 23.4 Å². The molecule has 0 spiro atoms. The van der Waals surface area contributed by atoms with Crippen molar-refractivity contribution < 1.29 is 4.79 Å². The fourth-order valence-corrected chi connectivity index (χ4v) is 11.4. The van der Waals surface area contributed by atoms with E-state index in [1.165, 1.54) is 62.7 Å². The number of thioether (sulfide) groups is 1. The lowest BCUT2D eigenvalue weighted by molar-refractivity contribution is -0.140. The molecule has 3 heteroatoms.